The number of benzene rings is 1. The van der Waals surface area contributed by atoms with Crippen molar-refractivity contribution in [1.29, 1.82) is 0 Å². The zero-order chi connectivity index (χ0) is 10.9. The molecule has 0 amide bonds. The van der Waals surface area contributed by atoms with E-state index in [1.165, 1.54) is 5.56 Å². The zero-order valence-electron chi connectivity index (χ0n) is 9.02. The first-order valence-electron chi connectivity index (χ1n) is 4.63. The standard InChI is InChI=1S/C12H15IO/c1-8-5-9(11(13)14)7-10(6-8)12(2,3)4/h5-7H,1-4H3. The lowest BCUT2D eigenvalue weighted by Crippen LogP contribution is -2.12. The molecular formula is C12H15IO. The molecule has 14 heavy (non-hydrogen) atoms. The van der Waals surface area contributed by atoms with Gasteiger partial charge in [0, 0.05) is 28.2 Å². The summed E-state index contributed by atoms with van der Waals surface area (Å²) in [5, 5.41) is 0. The smallest absolute Gasteiger partial charge is 0.222 e. The monoisotopic (exact) mass is 302 g/mol. The summed E-state index contributed by atoms with van der Waals surface area (Å²) in [5.74, 6) is 0. The first-order valence-corrected chi connectivity index (χ1v) is 5.70. The Morgan fingerprint density at radius 2 is 1.79 bits per heavy atom. The van der Waals surface area contributed by atoms with Gasteiger partial charge in [0.15, 0.2) is 0 Å². The normalized spacial score (nSPS) is 11.5. The molecule has 0 bridgehead atoms. The molecule has 0 radical (unpaired) electrons. The van der Waals surface area contributed by atoms with Gasteiger partial charge in [-0.15, -0.1) is 0 Å². The van der Waals surface area contributed by atoms with E-state index in [0.29, 0.717) is 0 Å². The van der Waals surface area contributed by atoms with E-state index >= 15 is 0 Å². The average molecular weight is 302 g/mol. The van der Waals surface area contributed by atoms with Gasteiger partial charge in [0.1, 0.15) is 0 Å². The van der Waals surface area contributed by atoms with E-state index in [-0.39, 0.29) is 9.20 Å². The number of carbonyl (C=O) groups excluding carboxylic acids is 1. The van der Waals surface area contributed by atoms with Crippen LogP contribution in [0.2, 0.25) is 0 Å². The van der Waals surface area contributed by atoms with Gasteiger partial charge >= 0.3 is 0 Å². The van der Waals surface area contributed by atoms with Crippen molar-refractivity contribution in [3.05, 3.63) is 34.9 Å². The predicted molar refractivity (Wildman–Crippen MR) is 68.2 cm³/mol. The molecule has 0 fully saturated rings. The number of carbonyl (C=O) groups is 1. The number of aryl methyl sites for hydroxylation is 1. The molecule has 1 nitrogen and oxygen atoms in total. The Morgan fingerprint density at radius 1 is 1.21 bits per heavy atom. The lowest BCUT2D eigenvalue weighted by molar-refractivity contribution is 0.110. The summed E-state index contributed by atoms with van der Waals surface area (Å²) >= 11 is 1.83. The van der Waals surface area contributed by atoms with Crippen LogP contribution in [-0.4, -0.2) is 3.79 Å². The van der Waals surface area contributed by atoms with Gasteiger partial charge in [-0.25, -0.2) is 0 Å². The van der Waals surface area contributed by atoms with Crippen molar-refractivity contribution in [2.24, 2.45) is 0 Å². The van der Waals surface area contributed by atoms with Gasteiger partial charge in [0.2, 0.25) is 3.79 Å². The minimum atomic E-state index is 0.104. The van der Waals surface area contributed by atoms with Gasteiger partial charge in [0.25, 0.3) is 0 Å². The van der Waals surface area contributed by atoms with Crippen LogP contribution in [0.3, 0.4) is 0 Å². The van der Waals surface area contributed by atoms with E-state index in [1.807, 2.05) is 41.6 Å². The molecule has 0 unspecified atom stereocenters. The molecule has 0 spiro atoms. The Balaban J connectivity index is 3.28. The fourth-order valence-corrected chi connectivity index (χ4v) is 1.64. The number of rotatable bonds is 1. The highest BCUT2D eigenvalue weighted by Crippen LogP contribution is 2.25. The summed E-state index contributed by atoms with van der Waals surface area (Å²) in [7, 11) is 0. The Morgan fingerprint density at radius 3 is 2.21 bits per heavy atom. The molecule has 0 saturated heterocycles. The SMILES string of the molecule is Cc1cc(C(=O)I)cc(C(C)(C)C)c1. The van der Waals surface area contributed by atoms with Crippen LogP contribution in [0, 0.1) is 6.92 Å². The molecule has 0 saturated carbocycles. The van der Waals surface area contributed by atoms with Crippen LogP contribution < -0.4 is 0 Å². The molecule has 2 heteroatoms. The summed E-state index contributed by atoms with van der Waals surface area (Å²) in [6, 6.07) is 6.06. The third-order valence-corrected chi connectivity index (χ3v) is 2.79. The van der Waals surface area contributed by atoms with Gasteiger partial charge < -0.3 is 0 Å². The molecule has 0 aliphatic carbocycles. The summed E-state index contributed by atoms with van der Waals surface area (Å²) in [6.45, 7) is 8.49. The van der Waals surface area contributed by atoms with Crippen molar-refractivity contribution in [2.45, 2.75) is 33.1 Å². The maximum Gasteiger partial charge on any atom is 0.222 e. The lowest BCUT2D eigenvalue weighted by atomic mass is 9.85. The summed E-state index contributed by atoms with van der Waals surface area (Å²) in [6.07, 6.45) is 0. The lowest BCUT2D eigenvalue weighted by Gasteiger charge is -2.20. The third kappa shape index (κ3) is 2.80. The van der Waals surface area contributed by atoms with Crippen molar-refractivity contribution in [1.82, 2.24) is 0 Å². The first kappa shape index (κ1) is 11.7. The molecule has 1 aromatic rings. The summed E-state index contributed by atoms with van der Waals surface area (Å²) in [5.41, 5.74) is 3.28. The predicted octanol–water partition coefficient (Wildman–Crippen LogP) is 3.87. The van der Waals surface area contributed by atoms with Gasteiger partial charge in [-0.2, -0.15) is 0 Å². The van der Waals surface area contributed by atoms with Crippen LogP contribution in [0.5, 0.6) is 0 Å². The fourth-order valence-electron chi connectivity index (χ4n) is 1.33. The average Bonchev–Trinajstić information content (AvgIpc) is 2.01. The van der Waals surface area contributed by atoms with Crippen molar-refractivity contribution in [2.75, 3.05) is 0 Å². The van der Waals surface area contributed by atoms with Crippen LogP contribution in [0.15, 0.2) is 18.2 Å². The van der Waals surface area contributed by atoms with E-state index in [9.17, 15) is 4.79 Å². The summed E-state index contributed by atoms with van der Waals surface area (Å²) in [4.78, 5) is 11.3. The zero-order valence-corrected chi connectivity index (χ0v) is 11.2. The maximum absolute atomic E-state index is 11.3. The van der Waals surface area contributed by atoms with Gasteiger partial charge in [-0.3, -0.25) is 4.79 Å². The van der Waals surface area contributed by atoms with E-state index < -0.39 is 0 Å². The molecule has 76 valence electrons. The molecule has 0 heterocycles. The Hall–Kier alpha value is -0.380. The van der Waals surface area contributed by atoms with Crippen LogP contribution in [0.4, 0.5) is 0 Å². The Kier molecular flexibility index (Phi) is 3.35. The largest absolute Gasteiger partial charge is 0.282 e. The molecule has 0 aromatic heterocycles. The van der Waals surface area contributed by atoms with Crippen molar-refractivity contribution < 1.29 is 4.79 Å². The van der Waals surface area contributed by atoms with E-state index in [1.54, 1.807) is 0 Å². The highest BCUT2D eigenvalue weighted by molar-refractivity contribution is 14.1. The number of hydrogen-bond donors (Lipinski definition) is 0. The Labute approximate surface area is 99.0 Å². The number of halogens is 1. The van der Waals surface area contributed by atoms with E-state index in [2.05, 4.69) is 26.8 Å². The van der Waals surface area contributed by atoms with Gasteiger partial charge in [-0.05, 0) is 30.0 Å². The third-order valence-electron chi connectivity index (χ3n) is 2.17. The topological polar surface area (TPSA) is 17.1 Å². The second-order valence-corrected chi connectivity index (χ2v) is 5.59. The van der Waals surface area contributed by atoms with Crippen molar-refractivity contribution >= 4 is 26.4 Å². The second-order valence-electron chi connectivity index (χ2n) is 4.61. The molecule has 0 atom stereocenters. The van der Waals surface area contributed by atoms with Crippen LogP contribution in [0.1, 0.15) is 42.3 Å². The quantitative estimate of drug-likeness (QED) is 0.568. The molecule has 0 N–H and O–H groups in total. The minimum Gasteiger partial charge on any atom is -0.282 e. The second kappa shape index (κ2) is 4.01. The first-order chi connectivity index (χ1) is 6.30. The van der Waals surface area contributed by atoms with Crippen LogP contribution in [-0.2, 0) is 5.41 Å². The molecule has 0 aliphatic rings. The molecule has 1 aromatic carbocycles. The minimum absolute atomic E-state index is 0.104. The Bertz CT molecular complexity index is 361. The van der Waals surface area contributed by atoms with Crippen LogP contribution in [0.25, 0.3) is 0 Å². The van der Waals surface area contributed by atoms with Crippen LogP contribution >= 0.6 is 22.6 Å². The highest BCUT2D eigenvalue weighted by atomic mass is 127. The van der Waals surface area contributed by atoms with E-state index in [0.717, 1.165) is 11.1 Å². The van der Waals surface area contributed by atoms with E-state index in [4.69, 9.17) is 0 Å². The molecular weight excluding hydrogens is 287 g/mol. The summed E-state index contributed by atoms with van der Waals surface area (Å²) < 4.78 is 0.108. The van der Waals surface area contributed by atoms with Crippen molar-refractivity contribution in [3.63, 3.8) is 0 Å². The van der Waals surface area contributed by atoms with Gasteiger partial charge in [-0.1, -0.05) is 32.4 Å². The molecule has 1 rings (SSSR count). The fraction of sp³-hybridized carbons (Fsp3) is 0.417. The molecule has 0 aliphatic heterocycles. The van der Waals surface area contributed by atoms with Crippen molar-refractivity contribution in [3.8, 4) is 0 Å². The number of hydrogen-bond acceptors (Lipinski definition) is 1. The van der Waals surface area contributed by atoms with Gasteiger partial charge in [0.05, 0.1) is 0 Å². The highest BCUT2D eigenvalue weighted by Gasteiger charge is 2.15. The maximum atomic E-state index is 11.3.